The molecule has 8 heteroatoms. The Bertz CT molecular complexity index is 648. The van der Waals surface area contributed by atoms with Gasteiger partial charge in [0.1, 0.15) is 5.82 Å². The van der Waals surface area contributed by atoms with Crippen molar-refractivity contribution in [1.29, 1.82) is 0 Å². The number of anilines is 2. The number of carbonyl (C=O) groups is 2. The summed E-state index contributed by atoms with van der Waals surface area (Å²) in [6, 6.07) is 2.65. The zero-order chi connectivity index (χ0) is 14.5. The Morgan fingerprint density at radius 1 is 1.20 bits per heavy atom. The molecule has 0 saturated carbocycles. The van der Waals surface area contributed by atoms with Gasteiger partial charge in [0, 0.05) is 12.4 Å². The first-order chi connectivity index (χ1) is 9.58. The number of nitrogens with one attached hydrogen (secondary N) is 2. The van der Waals surface area contributed by atoms with Crippen LogP contribution in [0, 0.1) is 5.82 Å². The largest absolute Gasteiger partial charge is 0.478 e. The van der Waals surface area contributed by atoms with Crippen molar-refractivity contribution in [2.24, 2.45) is 0 Å². The van der Waals surface area contributed by atoms with Crippen molar-refractivity contribution in [3.63, 3.8) is 0 Å². The number of halogens is 1. The molecule has 1 aromatic heterocycles. The van der Waals surface area contributed by atoms with Gasteiger partial charge in [-0.25, -0.2) is 19.0 Å². The van der Waals surface area contributed by atoms with Gasteiger partial charge in [-0.1, -0.05) is 6.07 Å². The van der Waals surface area contributed by atoms with E-state index in [1.54, 1.807) is 0 Å². The number of nitrogens with zero attached hydrogens (tertiary/aromatic N) is 2. The fourth-order valence-electron chi connectivity index (χ4n) is 1.45. The van der Waals surface area contributed by atoms with E-state index in [1.807, 2.05) is 0 Å². The molecule has 0 fully saturated rings. The topological polar surface area (TPSA) is 104 Å². The summed E-state index contributed by atoms with van der Waals surface area (Å²) in [5.74, 6) is -2.04. The molecular formula is C12H9FN4O3. The van der Waals surface area contributed by atoms with E-state index in [-0.39, 0.29) is 11.4 Å². The molecule has 0 aliphatic heterocycles. The van der Waals surface area contributed by atoms with Crippen LogP contribution in [-0.2, 0) is 0 Å². The normalized spacial score (nSPS) is 9.85. The van der Waals surface area contributed by atoms with E-state index in [9.17, 15) is 14.0 Å². The lowest BCUT2D eigenvalue weighted by Gasteiger charge is -2.10. The first-order valence-corrected chi connectivity index (χ1v) is 5.44. The highest BCUT2D eigenvalue weighted by molar-refractivity contribution is 6.04. The van der Waals surface area contributed by atoms with Crippen LogP contribution in [0.3, 0.4) is 0 Å². The second-order valence-corrected chi connectivity index (χ2v) is 3.64. The van der Waals surface area contributed by atoms with E-state index < -0.39 is 23.5 Å². The molecule has 0 spiro atoms. The smallest absolute Gasteiger partial charge is 0.337 e. The number of rotatable bonds is 3. The molecule has 0 radical (unpaired) electrons. The highest BCUT2D eigenvalue weighted by Gasteiger charge is 2.16. The molecule has 2 amide bonds. The number of carboxylic acids is 1. The van der Waals surface area contributed by atoms with Gasteiger partial charge in [-0.05, 0) is 12.1 Å². The Hall–Kier alpha value is -3.03. The number of carbonyl (C=O) groups excluding carboxylic acids is 1. The lowest BCUT2D eigenvalue weighted by molar-refractivity contribution is 0.0697. The maximum absolute atomic E-state index is 13.6. The lowest BCUT2D eigenvalue weighted by Crippen LogP contribution is -2.22. The van der Waals surface area contributed by atoms with Crippen LogP contribution >= 0.6 is 0 Å². The van der Waals surface area contributed by atoms with Crippen LogP contribution in [-0.4, -0.2) is 27.1 Å². The number of benzene rings is 1. The molecule has 0 atom stereocenters. The van der Waals surface area contributed by atoms with Crippen molar-refractivity contribution < 1.29 is 19.1 Å². The van der Waals surface area contributed by atoms with Gasteiger partial charge in [-0.3, -0.25) is 10.3 Å². The Balaban J connectivity index is 2.18. The number of aromatic nitrogens is 2. The molecule has 1 aromatic carbocycles. The van der Waals surface area contributed by atoms with Crippen LogP contribution in [0.2, 0.25) is 0 Å². The van der Waals surface area contributed by atoms with Gasteiger partial charge in [0.2, 0.25) is 0 Å². The molecule has 0 aliphatic carbocycles. The molecule has 0 saturated heterocycles. The van der Waals surface area contributed by atoms with Crippen molar-refractivity contribution in [3.05, 3.63) is 48.2 Å². The quantitative estimate of drug-likeness (QED) is 0.794. The first-order valence-electron chi connectivity index (χ1n) is 5.44. The number of aromatic carboxylic acids is 1. The Labute approximate surface area is 112 Å². The van der Waals surface area contributed by atoms with Crippen molar-refractivity contribution in [2.75, 3.05) is 10.6 Å². The van der Waals surface area contributed by atoms with Crippen LogP contribution in [0.4, 0.5) is 20.7 Å². The molecule has 7 nitrogen and oxygen atoms in total. The second-order valence-electron chi connectivity index (χ2n) is 3.64. The van der Waals surface area contributed by atoms with Crippen LogP contribution in [0.15, 0.2) is 36.8 Å². The number of urea groups is 1. The second kappa shape index (κ2) is 5.74. The van der Waals surface area contributed by atoms with E-state index in [4.69, 9.17) is 5.11 Å². The molecule has 20 heavy (non-hydrogen) atoms. The minimum absolute atomic E-state index is 0.151. The number of carboxylic acid groups (broad SMARTS) is 1. The molecule has 102 valence electrons. The molecule has 2 rings (SSSR count). The van der Waals surface area contributed by atoms with Crippen LogP contribution < -0.4 is 10.6 Å². The molecular weight excluding hydrogens is 267 g/mol. The van der Waals surface area contributed by atoms with E-state index >= 15 is 0 Å². The average molecular weight is 276 g/mol. The summed E-state index contributed by atoms with van der Waals surface area (Å²) < 4.78 is 13.6. The van der Waals surface area contributed by atoms with Gasteiger partial charge in [0.05, 0.1) is 17.4 Å². The number of para-hydroxylation sites is 1. The molecule has 0 aliphatic rings. The summed E-state index contributed by atoms with van der Waals surface area (Å²) in [5.41, 5.74) is -0.763. The summed E-state index contributed by atoms with van der Waals surface area (Å²) in [4.78, 5) is 30.1. The summed E-state index contributed by atoms with van der Waals surface area (Å²) in [5, 5.41) is 13.4. The standard InChI is InChI=1S/C12H9FN4O3/c13-8-3-1-2-7(11(18)19)10(8)17-12(20)16-9-6-14-4-5-15-9/h1-6H,(H,18,19)(H2,15,16,17,20). The molecule has 1 heterocycles. The SMILES string of the molecule is O=C(Nc1cnccn1)Nc1c(F)cccc1C(=O)O. The van der Waals surface area contributed by atoms with Crippen LogP contribution in [0.5, 0.6) is 0 Å². The molecule has 2 aromatic rings. The zero-order valence-corrected chi connectivity index (χ0v) is 10.0. The fraction of sp³-hybridized carbons (Fsp3) is 0. The molecule has 3 N–H and O–H groups in total. The van der Waals surface area contributed by atoms with Gasteiger partial charge in [0.15, 0.2) is 5.82 Å². The minimum Gasteiger partial charge on any atom is -0.478 e. The van der Waals surface area contributed by atoms with E-state index in [0.717, 1.165) is 6.07 Å². The van der Waals surface area contributed by atoms with Crippen LogP contribution in [0.25, 0.3) is 0 Å². The van der Waals surface area contributed by atoms with Gasteiger partial charge < -0.3 is 10.4 Å². The Morgan fingerprint density at radius 2 is 2.00 bits per heavy atom. The van der Waals surface area contributed by atoms with Crippen molar-refractivity contribution in [3.8, 4) is 0 Å². The maximum Gasteiger partial charge on any atom is 0.337 e. The summed E-state index contributed by atoms with van der Waals surface area (Å²) >= 11 is 0. The minimum atomic E-state index is -1.35. The summed E-state index contributed by atoms with van der Waals surface area (Å²) in [6.45, 7) is 0. The van der Waals surface area contributed by atoms with Gasteiger partial charge >= 0.3 is 12.0 Å². The third-order valence-corrected chi connectivity index (χ3v) is 2.29. The Morgan fingerprint density at radius 3 is 2.65 bits per heavy atom. The lowest BCUT2D eigenvalue weighted by atomic mass is 10.1. The van der Waals surface area contributed by atoms with Gasteiger partial charge in [-0.2, -0.15) is 0 Å². The number of hydrogen-bond donors (Lipinski definition) is 3. The third-order valence-electron chi connectivity index (χ3n) is 2.29. The van der Waals surface area contributed by atoms with Gasteiger partial charge in [-0.15, -0.1) is 0 Å². The first kappa shape index (κ1) is 13.4. The highest BCUT2D eigenvalue weighted by Crippen LogP contribution is 2.20. The predicted molar refractivity (Wildman–Crippen MR) is 68.0 cm³/mol. The molecule has 0 unspecified atom stereocenters. The predicted octanol–water partition coefficient (Wildman–Crippen LogP) is 1.96. The van der Waals surface area contributed by atoms with Gasteiger partial charge in [0.25, 0.3) is 0 Å². The summed E-state index contributed by atoms with van der Waals surface area (Å²) in [7, 11) is 0. The highest BCUT2D eigenvalue weighted by atomic mass is 19.1. The molecule has 0 bridgehead atoms. The van der Waals surface area contributed by atoms with E-state index in [0.29, 0.717) is 0 Å². The third kappa shape index (κ3) is 3.05. The van der Waals surface area contributed by atoms with Crippen LogP contribution in [0.1, 0.15) is 10.4 Å². The summed E-state index contributed by atoms with van der Waals surface area (Å²) in [6.07, 6.45) is 4.07. The maximum atomic E-state index is 13.6. The van der Waals surface area contributed by atoms with E-state index in [2.05, 4.69) is 20.6 Å². The monoisotopic (exact) mass is 276 g/mol. The van der Waals surface area contributed by atoms with E-state index in [1.165, 1.54) is 30.7 Å². The average Bonchev–Trinajstić information content (AvgIpc) is 2.42. The van der Waals surface area contributed by atoms with Crippen molar-refractivity contribution in [2.45, 2.75) is 0 Å². The number of hydrogen-bond acceptors (Lipinski definition) is 4. The Kier molecular flexibility index (Phi) is 3.85. The van der Waals surface area contributed by atoms with Crippen molar-refractivity contribution >= 4 is 23.5 Å². The fourth-order valence-corrected chi connectivity index (χ4v) is 1.45. The van der Waals surface area contributed by atoms with Crippen molar-refractivity contribution in [1.82, 2.24) is 9.97 Å². The number of amides is 2. The zero-order valence-electron chi connectivity index (χ0n) is 10.0.